The molecule has 1 N–H and O–H groups in total. The summed E-state index contributed by atoms with van der Waals surface area (Å²) in [4.78, 5) is 24.1. The molecule has 3 heterocycles. The van der Waals surface area contributed by atoms with Gasteiger partial charge in [-0.15, -0.1) is 0 Å². The molecule has 2 aliphatic carbocycles. The SMILES string of the molecule is CO[C@@H]1C[C@@H](c2nc(C3CC3)n[nH]2)N(C(=O)c2oc(C3CC3)nc2C)C1. The molecule has 0 radical (unpaired) electrons. The minimum atomic E-state index is -0.179. The molecule has 0 unspecified atom stereocenters. The summed E-state index contributed by atoms with van der Waals surface area (Å²) in [5, 5.41) is 7.38. The molecule has 0 aromatic carbocycles. The van der Waals surface area contributed by atoms with Crippen LogP contribution in [-0.4, -0.2) is 50.7 Å². The molecular weight excluding hydrogens is 334 g/mol. The third-order valence-electron chi connectivity index (χ3n) is 5.57. The van der Waals surface area contributed by atoms with Gasteiger partial charge in [-0.1, -0.05) is 0 Å². The van der Waals surface area contributed by atoms with Gasteiger partial charge in [-0.3, -0.25) is 9.89 Å². The first-order chi connectivity index (χ1) is 12.6. The summed E-state index contributed by atoms with van der Waals surface area (Å²) in [6, 6.07) is -0.179. The van der Waals surface area contributed by atoms with Crippen LogP contribution in [0.15, 0.2) is 4.42 Å². The molecule has 2 saturated carbocycles. The number of amides is 1. The quantitative estimate of drug-likeness (QED) is 0.883. The van der Waals surface area contributed by atoms with Crippen molar-refractivity contribution in [1.29, 1.82) is 0 Å². The molecule has 1 saturated heterocycles. The molecule has 2 aromatic heterocycles. The zero-order valence-electron chi connectivity index (χ0n) is 15.1. The van der Waals surface area contributed by atoms with E-state index in [0.29, 0.717) is 42.1 Å². The van der Waals surface area contributed by atoms with Crippen LogP contribution in [0.4, 0.5) is 0 Å². The zero-order chi connectivity index (χ0) is 17.8. The maximum Gasteiger partial charge on any atom is 0.292 e. The lowest BCUT2D eigenvalue weighted by molar-refractivity contribution is 0.0651. The second-order valence-electron chi connectivity index (χ2n) is 7.66. The van der Waals surface area contributed by atoms with E-state index in [1.54, 1.807) is 12.0 Å². The fourth-order valence-corrected chi connectivity index (χ4v) is 3.66. The molecule has 3 fully saturated rings. The molecule has 5 rings (SSSR count). The van der Waals surface area contributed by atoms with E-state index in [-0.39, 0.29) is 18.1 Å². The van der Waals surface area contributed by atoms with E-state index in [2.05, 4.69) is 20.2 Å². The molecule has 1 aliphatic heterocycles. The van der Waals surface area contributed by atoms with Crippen LogP contribution < -0.4 is 0 Å². The molecule has 2 atom stereocenters. The van der Waals surface area contributed by atoms with E-state index >= 15 is 0 Å². The number of carbonyl (C=O) groups excluding carboxylic acids is 1. The maximum absolute atomic E-state index is 13.2. The molecular formula is C18H23N5O3. The Morgan fingerprint density at radius 3 is 2.69 bits per heavy atom. The average molecular weight is 357 g/mol. The van der Waals surface area contributed by atoms with E-state index in [1.807, 2.05) is 6.92 Å². The number of carbonyl (C=O) groups is 1. The van der Waals surface area contributed by atoms with Gasteiger partial charge in [0.1, 0.15) is 5.82 Å². The minimum absolute atomic E-state index is 0.0236. The number of oxazole rings is 1. The number of nitrogens with zero attached hydrogens (tertiary/aromatic N) is 4. The summed E-state index contributed by atoms with van der Waals surface area (Å²) >= 11 is 0. The van der Waals surface area contributed by atoms with Gasteiger partial charge in [0.05, 0.1) is 17.8 Å². The first kappa shape index (κ1) is 16.0. The molecule has 0 spiro atoms. The first-order valence-corrected chi connectivity index (χ1v) is 9.37. The Bertz CT molecular complexity index is 836. The van der Waals surface area contributed by atoms with Gasteiger partial charge in [0.25, 0.3) is 5.91 Å². The van der Waals surface area contributed by atoms with Crippen molar-refractivity contribution in [2.24, 2.45) is 0 Å². The number of hydrogen-bond donors (Lipinski definition) is 1. The van der Waals surface area contributed by atoms with Crippen molar-refractivity contribution in [2.75, 3.05) is 13.7 Å². The number of methoxy groups -OCH3 is 1. The third-order valence-corrected chi connectivity index (χ3v) is 5.57. The second-order valence-corrected chi connectivity index (χ2v) is 7.66. The number of nitrogens with one attached hydrogen (secondary N) is 1. The summed E-state index contributed by atoms with van der Waals surface area (Å²) in [5.74, 6) is 3.35. The van der Waals surface area contributed by atoms with Gasteiger partial charge < -0.3 is 14.1 Å². The summed E-state index contributed by atoms with van der Waals surface area (Å²) in [7, 11) is 1.68. The van der Waals surface area contributed by atoms with Crippen molar-refractivity contribution in [2.45, 2.75) is 63.0 Å². The van der Waals surface area contributed by atoms with Crippen LogP contribution >= 0.6 is 0 Å². The van der Waals surface area contributed by atoms with E-state index in [1.165, 1.54) is 0 Å². The van der Waals surface area contributed by atoms with Crippen LogP contribution in [0.2, 0.25) is 0 Å². The highest BCUT2D eigenvalue weighted by molar-refractivity contribution is 5.93. The van der Waals surface area contributed by atoms with Crippen LogP contribution in [0.5, 0.6) is 0 Å². The average Bonchev–Trinajstić information content (AvgIpc) is 3.54. The molecule has 0 bridgehead atoms. The van der Waals surface area contributed by atoms with Gasteiger partial charge >= 0.3 is 0 Å². The van der Waals surface area contributed by atoms with Crippen molar-refractivity contribution in [1.82, 2.24) is 25.1 Å². The number of aromatic amines is 1. The monoisotopic (exact) mass is 357 g/mol. The number of likely N-dealkylation sites (tertiary alicyclic amines) is 1. The van der Waals surface area contributed by atoms with E-state index in [9.17, 15) is 4.79 Å². The molecule has 26 heavy (non-hydrogen) atoms. The summed E-state index contributed by atoms with van der Waals surface area (Å²) < 4.78 is 11.4. The highest BCUT2D eigenvalue weighted by Crippen LogP contribution is 2.41. The van der Waals surface area contributed by atoms with Crippen LogP contribution in [0.3, 0.4) is 0 Å². The van der Waals surface area contributed by atoms with Gasteiger partial charge in [-0.2, -0.15) is 5.10 Å². The minimum Gasteiger partial charge on any atom is -0.435 e. The Morgan fingerprint density at radius 2 is 2.00 bits per heavy atom. The van der Waals surface area contributed by atoms with Gasteiger partial charge in [0.15, 0.2) is 11.7 Å². The van der Waals surface area contributed by atoms with Crippen LogP contribution in [0.25, 0.3) is 0 Å². The number of rotatable bonds is 5. The lowest BCUT2D eigenvalue weighted by atomic mass is 10.2. The maximum atomic E-state index is 13.2. The molecule has 2 aromatic rings. The standard InChI is InChI=1S/C18H23N5O3/c1-9-14(26-17(19-9)11-5-6-11)18(24)23-8-12(25-2)7-13(23)16-20-15(21-22-16)10-3-4-10/h10-13H,3-8H2,1-2H3,(H,20,21,22)/t12-,13+/m1/s1. The van der Waals surface area contributed by atoms with E-state index < -0.39 is 0 Å². The van der Waals surface area contributed by atoms with Gasteiger partial charge in [-0.05, 0) is 32.6 Å². The number of ether oxygens (including phenoxy) is 1. The largest absolute Gasteiger partial charge is 0.435 e. The molecule has 8 heteroatoms. The molecule has 138 valence electrons. The Morgan fingerprint density at radius 1 is 1.23 bits per heavy atom. The topological polar surface area (TPSA) is 97.1 Å². The highest BCUT2D eigenvalue weighted by Gasteiger charge is 2.41. The summed E-state index contributed by atoms with van der Waals surface area (Å²) in [6.45, 7) is 2.35. The summed E-state index contributed by atoms with van der Waals surface area (Å²) in [6.07, 6.45) is 5.15. The number of hydrogen-bond acceptors (Lipinski definition) is 6. The smallest absolute Gasteiger partial charge is 0.292 e. The predicted molar refractivity (Wildman–Crippen MR) is 90.8 cm³/mol. The Kier molecular flexibility index (Phi) is 3.63. The lowest BCUT2D eigenvalue weighted by Crippen LogP contribution is -2.32. The second kappa shape index (κ2) is 5.90. The number of aromatic nitrogens is 4. The first-order valence-electron chi connectivity index (χ1n) is 9.37. The molecule has 8 nitrogen and oxygen atoms in total. The predicted octanol–water partition coefficient (Wildman–Crippen LogP) is 2.46. The fourth-order valence-electron chi connectivity index (χ4n) is 3.66. The van der Waals surface area contributed by atoms with E-state index in [4.69, 9.17) is 9.15 Å². The van der Waals surface area contributed by atoms with Gasteiger partial charge in [-0.25, -0.2) is 9.97 Å². The Labute approximate surface area is 151 Å². The van der Waals surface area contributed by atoms with Crippen LogP contribution in [0, 0.1) is 6.92 Å². The Balaban J connectivity index is 1.43. The summed E-state index contributed by atoms with van der Waals surface area (Å²) in [5.41, 5.74) is 0.660. The molecule has 3 aliphatic rings. The van der Waals surface area contributed by atoms with Crippen molar-refractivity contribution in [3.8, 4) is 0 Å². The van der Waals surface area contributed by atoms with Crippen molar-refractivity contribution in [3.63, 3.8) is 0 Å². The number of aryl methyl sites for hydroxylation is 1. The van der Waals surface area contributed by atoms with Crippen LogP contribution in [0.1, 0.15) is 83.8 Å². The van der Waals surface area contributed by atoms with Gasteiger partial charge in [0, 0.05) is 31.9 Å². The van der Waals surface area contributed by atoms with E-state index in [0.717, 1.165) is 37.3 Å². The van der Waals surface area contributed by atoms with Crippen molar-refractivity contribution < 1.29 is 13.9 Å². The van der Waals surface area contributed by atoms with Crippen molar-refractivity contribution >= 4 is 5.91 Å². The normalized spacial score (nSPS) is 25.8. The fraction of sp³-hybridized carbons (Fsp3) is 0.667. The Hall–Kier alpha value is -2.22. The number of H-pyrrole nitrogens is 1. The van der Waals surface area contributed by atoms with Crippen molar-refractivity contribution in [3.05, 3.63) is 29.0 Å². The van der Waals surface area contributed by atoms with Gasteiger partial charge in [0.2, 0.25) is 5.76 Å². The highest BCUT2D eigenvalue weighted by atomic mass is 16.5. The third kappa shape index (κ3) is 2.72. The lowest BCUT2D eigenvalue weighted by Gasteiger charge is -2.21. The van der Waals surface area contributed by atoms with Crippen LogP contribution in [-0.2, 0) is 4.74 Å². The molecule has 1 amide bonds. The zero-order valence-corrected chi connectivity index (χ0v) is 15.1.